The van der Waals surface area contributed by atoms with Gasteiger partial charge in [-0.05, 0) is 33.3 Å². The number of aryl methyl sites for hydroxylation is 1. The van der Waals surface area contributed by atoms with E-state index in [4.69, 9.17) is 0 Å². The van der Waals surface area contributed by atoms with Gasteiger partial charge < -0.3 is 10.6 Å². The van der Waals surface area contributed by atoms with E-state index in [2.05, 4.69) is 20.6 Å². The number of carbonyl (C=O) groups is 1. The first kappa shape index (κ1) is 15.9. The van der Waals surface area contributed by atoms with Crippen LogP contribution in [0.25, 0.3) is 0 Å². The highest BCUT2D eigenvalue weighted by Crippen LogP contribution is 2.10. The van der Waals surface area contributed by atoms with Crippen molar-refractivity contribution in [3.05, 3.63) is 53.5 Å². The first-order valence-electron chi connectivity index (χ1n) is 7.27. The van der Waals surface area contributed by atoms with Crippen molar-refractivity contribution < 1.29 is 4.79 Å². The lowest BCUT2D eigenvalue weighted by Crippen LogP contribution is -2.27. The van der Waals surface area contributed by atoms with Crippen molar-refractivity contribution in [2.24, 2.45) is 0 Å². The molecule has 1 aromatic heterocycles. The van der Waals surface area contributed by atoms with Crippen LogP contribution >= 0.6 is 0 Å². The largest absolute Gasteiger partial charge is 0.364 e. The molecule has 1 heterocycles. The van der Waals surface area contributed by atoms with Crippen LogP contribution in [0.3, 0.4) is 0 Å². The zero-order chi connectivity index (χ0) is 16.2. The average Bonchev–Trinajstić information content (AvgIpc) is 2.44. The summed E-state index contributed by atoms with van der Waals surface area (Å²) in [6.45, 7) is 8.62. The third kappa shape index (κ3) is 4.84. The van der Waals surface area contributed by atoms with Crippen molar-refractivity contribution in [1.82, 2.24) is 15.3 Å². The monoisotopic (exact) mass is 298 g/mol. The molecule has 2 rings (SSSR count). The highest BCUT2D eigenvalue weighted by Gasteiger charge is 2.12. The Labute approximate surface area is 131 Å². The summed E-state index contributed by atoms with van der Waals surface area (Å²) in [6, 6.07) is 8.03. The Bertz CT molecular complexity index is 644. The molecule has 0 aliphatic carbocycles. The highest BCUT2D eigenvalue weighted by atomic mass is 16.1. The molecular weight excluding hydrogens is 276 g/mol. The van der Waals surface area contributed by atoms with E-state index in [1.165, 1.54) is 11.8 Å². The number of hydrogen-bond donors (Lipinski definition) is 2. The Kier molecular flexibility index (Phi) is 4.75. The van der Waals surface area contributed by atoms with Crippen molar-refractivity contribution >= 4 is 11.7 Å². The van der Waals surface area contributed by atoms with Gasteiger partial charge in [0.25, 0.3) is 5.91 Å². The molecule has 5 heteroatoms. The second-order valence-electron chi connectivity index (χ2n) is 6.33. The van der Waals surface area contributed by atoms with Gasteiger partial charge in [-0.2, -0.15) is 0 Å². The molecular formula is C17H22N4O. The quantitative estimate of drug-likeness (QED) is 0.910. The molecule has 116 valence electrons. The van der Waals surface area contributed by atoms with Gasteiger partial charge in [-0.25, -0.2) is 9.97 Å². The fraction of sp³-hybridized carbons (Fsp3) is 0.353. The average molecular weight is 298 g/mol. The van der Waals surface area contributed by atoms with E-state index < -0.39 is 0 Å². The molecule has 0 radical (unpaired) electrons. The zero-order valence-corrected chi connectivity index (χ0v) is 13.5. The van der Waals surface area contributed by atoms with Crippen LogP contribution in [0.2, 0.25) is 0 Å². The maximum Gasteiger partial charge on any atom is 0.271 e. The summed E-state index contributed by atoms with van der Waals surface area (Å²) >= 11 is 0. The number of nitrogens with zero attached hydrogens (tertiary/aromatic N) is 2. The second-order valence-corrected chi connectivity index (χ2v) is 6.33. The molecule has 0 spiro atoms. The van der Waals surface area contributed by atoms with E-state index in [0.29, 0.717) is 18.1 Å². The summed E-state index contributed by atoms with van der Waals surface area (Å²) in [5.41, 5.74) is 2.45. The first-order chi connectivity index (χ1) is 10.3. The molecule has 0 aliphatic rings. The standard InChI is InChI=1S/C17H22N4O/c1-12-6-5-7-13(8-12)9-20-16(22)14-10-19-15(11-18-14)21-17(2,3)4/h5-8,10-11H,9H2,1-4H3,(H,19,21)(H,20,22). The first-order valence-corrected chi connectivity index (χ1v) is 7.27. The van der Waals surface area contributed by atoms with E-state index in [1.807, 2.05) is 52.0 Å². The summed E-state index contributed by atoms with van der Waals surface area (Å²) in [4.78, 5) is 20.4. The predicted octanol–water partition coefficient (Wildman–Crippen LogP) is 2.93. The van der Waals surface area contributed by atoms with Gasteiger partial charge in [-0.15, -0.1) is 0 Å². The number of rotatable bonds is 4. The van der Waals surface area contributed by atoms with Gasteiger partial charge >= 0.3 is 0 Å². The van der Waals surface area contributed by atoms with Crippen LogP contribution in [0, 0.1) is 6.92 Å². The van der Waals surface area contributed by atoms with E-state index in [9.17, 15) is 4.79 Å². The Morgan fingerprint density at radius 2 is 1.95 bits per heavy atom. The maximum atomic E-state index is 12.1. The summed E-state index contributed by atoms with van der Waals surface area (Å²) in [6.07, 6.45) is 3.06. The van der Waals surface area contributed by atoms with Crippen LogP contribution < -0.4 is 10.6 Å². The number of benzene rings is 1. The predicted molar refractivity (Wildman–Crippen MR) is 87.8 cm³/mol. The number of hydrogen-bond acceptors (Lipinski definition) is 4. The van der Waals surface area contributed by atoms with Gasteiger partial charge in [0, 0.05) is 12.1 Å². The minimum absolute atomic E-state index is 0.0936. The van der Waals surface area contributed by atoms with Crippen molar-refractivity contribution in [2.75, 3.05) is 5.32 Å². The Hall–Kier alpha value is -2.43. The molecule has 0 atom stereocenters. The molecule has 0 saturated heterocycles. The number of aromatic nitrogens is 2. The minimum Gasteiger partial charge on any atom is -0.364 e. The van der Waals surface area contributed by atoms with Gasteiger partial charge in [-0.3, -0.25) is 4.79 Å². The minimum atomic E-state index is -0.226. The zero-order valence-electron chi connectivity index (χ0n) is 13.5. The summed E-state index contributed by atoms with van der Waals surface area (Å²) < 4.78 is 0. The lowest BCUT2D eigenvalue weighted by atomic mass is 10.1. The van der Waals surface area contributed by atoms with Gasteiger partial charge in [0.1, 0.15) is 11.5 Å². The Morgan fingerprint density at radius 1 is 1.18 bits per heavy atom. The number of amides is 1. The molecule has 22 heavy (non-hydrogen) atoms. The van der Waals surface area contributed by atoms with Gasteiger partial charge in [0.15, 0.2) is 0 Å². The van der Waals surface area contributed by atoms with Crippen LogP contribution in [-0.2, 0) is 6.54 Å². The molecule has 1 amide bonds. The molecule has 2 aromatic rings. The third-order valence-corrected chi connectivity index (χ3v) is 2.92. The smallest absolute Gasteiger partial charge is 0.271 e. The van der Waals surface area contributed by atoms with Crippen molar-refractivity contribution in [1.29, 1.82) is 0 Å². The van der Waals surface area contributed by atoms with E-state index in [1.54, 1.807) is 6.20 Å². The summed E-state index contributed by atoms with van der Waals surface area (Å²) in [7, 11) is 0. The Morgan fingerprint density at radius 3 is 2.55 bits per heavy atom. The molecule has 2 N–H and O–H groups in total. The van der Waals surface area contributed by atoms with Crippen LogP contribution in [-0.4, -0.2) is 21.4 Å². The van der Waals surface area contributed by atoms with Crippen LogP contribution in [0.15, 0.2) is 36.7 Å². The molecule has 0 saturated carbocycles. The van der Waals surface area contributed by atoms with E-state index in [0.717, 1.165) is 5.56 Å². The number of anilines is 1. The molecule has 0 unspecified atom stereocenters. The van der Waals surface area contributed by atoms with Crippen LogP contribution in [0.5, 0.6) is 0 Å². The van der Waals surface area contributed by atoms with Gasteiger partial charge in [0.2, 0.25) is 0 Å². The van der Waals surface area contributed by atoms with Crippen molar-refractivity contribution in [2.45, 2.75) is 39.8 Å². The summed E-state index contributed by atoms with van der Waals surface area (Å²) in [5, 5.41) is 6.05. The van der Waals surface area contributed by atoms with Crippen molar-refractivity contribution in [3.8, 4) is 0 Å². The molecule has 5 nitrogen and oxygen atoms in total. The topological polar surface area (TPSA) is 66.9 Å². The van der Waals surface area contributed by atoms with Crippen LogP contribution in [0.1, 0.15) is 42.4 Å². The lowest BCUT2D eigenvalue weighted by molar-refractivity contribution is 0.0945. The van der Waals surface area contributed by atoms with Gasteiger partial charge in [0.05, 0.1) is 12.4 Å². The number of nitrogens with one attached hydrogen (secondary N) is 2. The SMILES string of the molecule is Cc1cccc(CNC(=O)c2cnc(NC(C)(C)C)cn2)c1. The highest BCUT2D eigenvalue weighted by molar-refractivity contribution is 5.91. The molecule has 0 bridgehead atoms. The Balaban J connectivity index is 1.95. The summed E-state index contributed by atoms with van der Waals surface area (Å²) in [5.74, 6) is 0.430. The maximum absolute atomic E-state index is 12.1. The van der Waals surface area contributed by atoms with E-state index >= 15 is 0 Å². The normalized spacial score (nSPS) is 11.1. The van der Waals surface area contributed by atoms with Crippen LogP contribution in [0.4, 0.5) is 5.82 Å². The van der Waals surface area contributed by atoms with Gasteiger partial charge in [-0.1, -0.05) is 29.8 Å². The number of carbonyl (C=O) groups excluding carboxylic acids is 1. The fourth-order valence-electron chi connectivity index (χ4n) is 1.99. The third-order valence-electron chi connectivity index (χ3n) is 2.92. The molecule has 0 fully saturated rings. The molecule has 1 aromatic carbocycles. The van der Waals surface area contributed by atoms with Crippen molar-refractivity contribution in [3.63, 3.8) is 0 Å². The fourth-order valence-corrected chi connectivity index (χ4v) is 1.99. The lowest BCUT2D eigenvalue weighted by Gasteiger charge is -2.20. The molecule has 0 aliphatic heterocycles. The second kappa shape index (κ2) is 6.56. The van der Waals surface area contributed by atoms with E-state index in [-0.39, 0.29) is 11.4 Å².